The summed E-state index contributed by atoms with van der Waals surface area (Å²) in [5.41, 5.74) is 0.349. The summed E-state index contributed by atoms with van der Waals surface area (Å²) in [6, 6.07) is 7.55. The van der Waals surface area contributed by atoms with Crippen LogP contribution in [0.3, 0.4) is 0 Å². The minimum atomic E-state index is -4.98. The van der Waals surface area contributed by atoms with Crippen molar-refractivity contribution < 1.29 is 37.0 Å². The van der Waals surface area contributed by atoms with Crippen molar-refractivity contribution in [1.29, 1.82) is 0 Å². The van der Waals surface area contributed by atoms with Gasteiger partial charge in [-0.2, -0.15) is 13.2 Å². The third kappa shape index (κ3) is 7.73. The smallest absolute Gasteiger partial charge is 0.469 e. The fraction of sp³-hybridized carbons (Fsp3) is 0.500. The Morgan fingerprint density at radius 2 is 1.84 bits per heavy atom. The molecule has 6 nitrogen and oxygen atoms in total. The van der Waals surface area contributed by atoms with E-state index in [0.717, 1.165) is 0 Å². The van der Waals surface area contributed by atoms with Gasteiger partial charge in [-0.05, 0) is 44.2 Å². The van der Waals surface area contributed by atoms with E-state index in [4.69, 9.17) is 4.74 Å². The molecule has 0 saturated heterocycles. The molecule has 0 radical (unpaired) electrons. The molecule has 1 amide bonds. The number of nitrogens with one attached hydrogen (secondary N) is 1. The topological polar surface area (TPSA) is 81.7 Å². The van der Waals surface area contributed by atoms with E-state index in [-0.39, 0.29) is 18.8 Å². The molecule has 1 aliphatic rings. The van der Waals surface area contributed by atoms with E-state index in [1.54, 1.807) is 36.4 Å². The number of esters is 2. The fourth-order valence-electron chi connectivity index (χ4n) is 3.54. The van der Waals surface area contributed by atoms with Crippen LogP contribution in [0.4, 0.5) is 13.2 Å². The first-order chi connectivity index (χ1) is 14.7. The largest absolute Gasteiger partial charge is 0.471 e. The van der Waals surface area contributed by atoms with Crippen molar-refractivity contribution in [2.75, 3.05) is 7.11 Å². The number of benzene rings is 1. The quantitative estimate of drug-likeness (QED) is 0.356. The average Bonchev–Trinajstić information content (AvgIpc) is 3.11. The summed E-state index contributed by atoms with van der Waals surface area (Å²) in [5, 5.41) is 2.04. The molecular weight excluding hydrogens is 415 g/mol. The van der Waals surface area contributed by atoms with Gasteiger partial charge in [-0.1, -0.05) is 30.4 Å². The number of rotatable bonds is 9. The molecular formula is C22H26F3NO5. The molecule has 1 aromatic rings. The predicted molar refractivity (Wildman–Crippen MR) is 106 cm³/mol. The molecule has 0 spiro atoms. The summed E-state index contributed by atoms with van der Waals surface area (Å²) < 4.78 is 48.2. The molecule has 1 aromatic carbocycles. The van der Waals surface area contributed by atoms with Gasteiger partial charge in [0.1, 0.15) is 6.10 Å². The van der Waals surface area contributed by atoms with Crippen molar-refractivity contribution in [1.82, 2.24) is 5.32 Å². The molecule has 170 valence electrons. The second-order valence-electron chi connectivity index (χ2n) is 7.30. The molecule has 2 rings (SSSR count). The highest BCUT2D eigenvalue weighted by atomic mass is 19.4. The molecule has 0 bridgehead atoms. The van der Waals surface area contributed by atoms with E-state index in [0.29, 0.717) is 31.2 Å². The Labute approximate surface area is 178 Å². The lowest BCUT2D eigenvalue weighted by Crippen LogP contribution is -2.46. The van der Waals surface area contributed by atoms with Crippen molar-refractivity contribution in [3.63, 3.8) is 0 Å². The zero-order chi connectivity index (χ0) is 22.9. The van der Waals surface area contributed by atoms with Gasteiger partial charge in [-0.3, -0.25) is 9.59 Å². The zero-order valence-electron chi connectivity index (χ0n) is 17.2. The molecule has 0 aliphatic heterocycles. The fourth-order valence-corrected chi connectivity index (χ4v) is 3.54. The molecule has 1 N–H and O–H groups in total. The first-order valence-corrected chi connectivity index (χ1v) is 10.1. The highest BCUT2D eigenvalue weighted by molar-refractivity contribution is 5.89. The summed E-state index contributed by atoms with van der Waals surface area (Å²) in [6.07, 6.45) is 0.392. The lowest BCUT2D eigenvalue weighted by molar-refractivity contribution is -0.174. The summed E-state index contributed by atoms with van der Waals surface area (Å²) in [5.74, 6) is -3.36. The van der Waals surface area contributed by atoms with Crippen LogP contribution >= 0.6 is 0 Å². The van der Waals surface area contributed by atoms with E-state index < -0.39 is 36.1 Å². The number of carbonyl (C=O) groups excluding carboxylic acids is 3. The lowest BCUT2D eigenvalue weighted by Gasteiger charge is -2.25. The van der Waals surface area contributed by atoms with Crippen LogP contribution in [0, 0.1) is 5.92 Å². The molecule has 1 saturated carbocycles. The minimum Gasteiger partial charge on any atom is -0.469 e. The second-order valence-corrected chi connectivity index (χ2v) is 7.30. The average molecular weight is 441 g/mol. The zero-order valence-corrected chi connectivity index (χ0v) is 17.2. The van der Waals surface area contributed by atoms with Gasteiger partial charge in [0.15, 0.2) is 0 Å². The van der Waals surface area contributed by atoms with Crippen LogP contribution in [0.5, 0.6) is 0 Å². The molecule has 1 fully saturated rings. The van der Waals surface area contributed by atoms with Crippen LogP contribution < -0.4 is 5.32 Å². The van der Waals surface area contributed by atoms with E-state index in [2.05, 4.69) is 4.74 Å². The number of hydrogen-bond acceptors (Lipinski definition) is 5. The Hall–Kier alpha value is -2.84. The molecule has 31 heavy (non-hydrogen) atoms. The van der Waals surface area contributed by atoms with Gasteiger partial charge < -0.3 is 14.8 Å². The standard InChI is InChI=1S/C22H26F3NO5/c1-30-19(27)12-8-3-2-7-11-16-17(26-21(29)22(23,24)25)13-14-18(16)31-20(28)15-9-5-4-6-10-15/h2,4-7,9-10,16-18H,3,8,11-14H2,1H3,(H,26,29)/b7-2-/t16-,17+,18+/m1/s1. The maximum atomic E-state index is 12.7. The normalized spacial score (nSPS) is 21.1. The monoisotopic (exact) mass is 441 g/mol. The summed E-state index contributed by atoms with van der Waals surface area (Å²) in [6.45, 7) is 0. The number of halogens is 3. The second kappa shape index (κ2) is 11.5. The van der Waals surface area contributed by atoms with Crippen molar-refractivity contribution in [3.05, 3.63) is 48.0 Å². The number of allylic oxidation sites excluding steroid dienone is 2. The van der Waals surface area contributed by atoms with E-state index >= 15 is 0 Å². The highest BCUT2D eigenvalue weighted by Crippen LogP contribution is 2.33. The number of amides is 1. The number of hydrogen-bond donors (Lipinski definition) is 1. The van der Waals surface area contributed by atoms with Gasteiger partial charge in [0.25, 0.3) is 0 Å². The number of carbonyl (C=O) groups is 3. The SMILES string of the molecule is COC(=O)CCC/C=C\C[C@@H]1[C@@H](NC(=O)C(F)(F)F)CC[C@@H]1OC(=O)c1ccccc1. The summed E-state index contributed by atoms with van der Waals surface area (Å²) in [7, 11) is 1.31. The molecule has 1 aliphatic carbocycles. The Bertz CT molecular complexity index is 779. The first kappa shape index (κ1) is 24.4. The van der Waals surface area contributed by atoms with Gasteiger partial charge in [-0.15, -0.1) is 0 Å². The third-order valence-corrected chi connectivity index (χ3v) is 5.15. The van der Waals surface area contributed by atoms with Gasteiger partial charge in [0.2, 0.25) is 0 Å². The van der Waals surface area contributed by atoms with Gasteiger partial charge >= 0.3 is 24.0 Å². The Morgan fingerprint density at radius 3 is 2.48 bits per heavy atom. The number of alkyl halides is 3. The first-order valence-electron chi connectivity index (χ1n) is 10.1. The molecule has 0 heterocycles. The summed E-state index contributed by atoms with van der Waals surface area (Å²) >= 11 is 0. The maximum absolute atomic E-state index is 12.7. The Morgan fingerprint density at radius 1 is 1.13 bits per heavy atom. The number of ether oxygens (including phenoxy) is 2. The van der Waals surface area contributed by atoms with E-state index in [1.165, 1.54) is 7.11 Å². The molecule has 9 heteroatoms. The lowest BCUT2D eigenvalue weighted by atomic mass is 9.96. The van der Waals surface area contributed by atoms with Crippen LogP contribution in [0.2, 0.25) is 0 Å². The number of methoxy groups -OCH3 is 1. The van der Waals surface area contributed by atoms with Crippen molar-refractivity contribution in [2.45, 2.75) is 56.8 Å². The predicted octanol–water partition coefficient (Wildman–Crippen LogP) is 3.96. The van der Waals surface area contributed by atoms with Crippen LogP contribution in [-0.2, 0) is 19.1 Å². The molecule has 3 atom stereocenters. The van der Waals surface area contributed by atoms with Crippen LogP contribution in [0.15, 0.2) is 42.5 Å². The van der Waals surface area contributed by atoms with Crippen LogP contribution in [0.25, 0.3) is 0 Å². The van der Waals surface area contributed by atoms with Crippen molar-refractivity contribution in [2.24, 2.45) is 5.92 Å². The van der Waals surface area contributed by atoms with E-state index in [1.807, 2.05) is 11.4 Å². The van der Waals surface area contributed by atoms with E-state index in [9.17, 15) is 27.6 Å². The Kier molecular flexibility index (Phi) is 9.08. The highest BCUT2D eigenvalue weighted by Gasteiger charge is 2.44. The van der Waals surface area contributed by atoms with Gasteiger partial charge in [0.05, 0.1) is 12.7 Å². The maximum Gasteiger partial charge on any atom is 0.471 e. The van der Waals surface area contributed by atoms with Crippen LogP contribution in [0.1, 0.15) is 48.9 Å². The van der Waals surface area contributed by atoms with Crippen LogP contribution in [-0.4, -0.2) is 43.3 Å². The van der Waals surface area contributed by atoms with Gasteiger partial charge in [0, 0.05) is 18.4 Å². The Balaban J connectivity index is 2.01. The molecule has 0 unspecified atom stereocenters. The minimum absolute atomic E-state index is 0.270. The molecule has 0 aromatic heterocycles. The van der Waals surface area contributed by atoms with Crippen molar-refractivity contribution in [3.8, 4) is 0 Å². The van der Waals surface area contributed by atoms with Crippen molar-refractivity contribution >= 4 is 17.8 Å². The number of unbranched alkanes of at least 4 members (excludes halogenated alkanes) is 1. The third-order valence-electron chi connectivity index (χ3n) is 5.15. The van der Waals surface area contributed by atoms with Gasteiger partial charge in [-0.25, -0.2) is 4.79 Å². The summed E-state index contributed by atoms with van der Waals surface area (Å²) in [4.78, 5) is 34.9.